The van der Waals surface area contributed by atoms with Gasteiger partial charge in [0, 0.05) is 50.2 Å². The molecule has 33 heavy (non-hydrogen) atoms. The van der Waals surface area contributed by atoms with Crippen LogP contribution in [0.15, 0.2) is 54.7 Å². The molecule has 1 aromatic heterocycles. The number of aryl methyl sites for hydroxylation is 1. The second-order valence-electron chi connectivity index (χ2n) is 8.80. The lowest BCUT2D eigenvalue weighted by Gasteiger charge is -2.38. The van der Waals surface area contributed by atoms with Crippen LogP contribution in [-0.4, -0.2) is 48.6 Å². The van der Waals surface area contributed by atoms with E-state index < -0.39 is 0 Å². The Kier molecular flexibility index (Phi) is 6.87. The summed E-state index contributed by atoms with van der Waals surface area (Å²) in [6.45, 7) is 9.94. The molecule has 1 amide bonds. The van der Waals surface area contributed by atoms with Gasteiger partial charge in [-0.1, -0.05) is 32.0 Å². The van der Waals surface area contributed by atoms with Gasteiger partial charge in [-0.25, -0.2) is 14.4 Å². The zero-order chi connectivity index (χ0) is 23.4. The number of carbonyl (C=O) groups is 1. The Balaban J connectivity index is 1.61. The van der Waals surface area contributed by atoms with E-state index in [0.29, 0.717) is 35.2 Å². The summed E-state index contributed by atoms with van der Waals surface area (Å²) < 4.78 is 13.4. The molecule has 7 heteroatoms. The molecule has 4 rings (SSSR count). The van der Waals surface area contributed by atoms with E-state index in [2.05, 4.69) is 65.1 Å². The van der Waals surface area contributed by atoms with E-state index in [1.807, 2.05) is 0 Å². The number of rotatable bonds is 6. The summed E-state index contributed by atoms with van der Waals surface area (Å²) in [6.07, 6.45) is 1.59. The highest BCUT2D eigenvalue weighted by molar-refractivity contribution is 5.99. The van der Waals surface area contributed by atoms with Gasteiger partial charge in [-0.3, -0.25) is 4.79 Å². The Morgan fingerprint density at radius 2 is 1.70 bits per heavy atom. The van der Waals surface area contributed by atoms with Crippen molar-refractivity contribution in [2.24, 2.45) is 5.92 Å². The molecule has 0 unspecified atom stereocenters. The fourth-order valence-electron chi connectivity index (χ4n) is 3.98. The first-order valence-electron chi connectivity index (χ1n) is 11.4. The average molecular weight is 448 g/mol. The van der Waals surface area contributed by atoms with Crippen LogP contribution in [0.1, 0.15) is 29.8 Å². The van der Waals surface area contributed by atoms with E-state index in [-0.39, 0.29) is 11.7 Å². The van der Waals surface area contributed by atoms with E-state index in [0.717, 1.165) is 26.2 Å². The Hall–Kier alpha value is -3.48. The molecule has 0 aliphatic carbocycles. The first-order valence-corrected chi connectivity index (χ1v) is 11.4. The SMILES string of the molecule is Cc1ccccc1N1CCN(c2nc(-c3ccc(F)cc3)ncc2C(=O)NCC(C)C)CC1. The summed E-state index contributed by atoms with van der Waals surface area (Å²) in [4.78, 5) is 26.7. The lowest BCUT2D eigenvalue weighted by molar-refractivity contribution is 0.0949. The molecule has 0 radical (unpaired) electrons. The van der Waals surface area contributed by atoms with Gasteiger partial charge in [-0.15, -0.1) is 0 Å². The van der Waals surface area contributed by atoms with Crippen LogP contribution in [0, 0.1) is 18.7 Å². The number of aromatic nitrogens is 2. The monoisotopic (exact) mass is 447 g/mol. The largest absolute Gasteiger partial charge is 0.368 e. The van der Waals surface area contributed by atoms with Crippen molar-refractivity contribution in [2.75, 3.05) is 42.5 Å². The van der Waals surface area contributed by atoms with Crippen LogP contribution in [0.4, 0.5) is 15.9 Å². The fraction of sp³-hybridized carbons (Fsp3) is 0.346. The summed E-state index contributed by atoms with van der Waals surface area (Å²) in [7, 11) is 0. The normalized spacial score (nSPS) is 14.0. The van der Waals surface area contributed by atoms with Gasteiger partial charge in [0.15, 0.2) is 5.82 Å². The Morgan fingerprint density at radius 3 is 2.36 bits per heavy atom. The first-order chi connectivity index (χ1) is 15.9. The number of halogens is 1. The molecule has 172 valence electrons. The summed E-state index contributed by atoms with van der Waals surface area (Å²) in [6, 6.07) is 14.5. The minimum atomic E-state index is -0.309. The van der Waals surface area contributed by atoms with Crippen LogP contribution >= 0.6 is 0 Å². The van der Waals surface area contributed by atoms with Crippen molar-refractivity contribution < 1.29 is 9.18 Å². The van der Waals surface area contributed by atoms with Gasteiger partial charge in [-0.2, -0.15) is 0 Å². The zero-order valence-electron chi connectivity index (χ0n) is 19.4. The second kappa shape index (κ2) is 9.98. The lowest BCUT2D eigenvalue weighted by atomic mass is 10.1. The van der Waals surface area contributed by atoms with Gasteiger partial charge in [0.1, 0.15) is 17.2 Å². The van der Waals surface area contributed by atoms with Gasteiger partial charge in [0.25, 0.3) is 5.91 Å². The Morgan fingerprint density at radius 1 is 1.03 bits per heavy atom. The van der Waals surface area contributed by atoms with E-state index >= 15 is 0 Å². The fourth-order valence-corrected chi connectivity index (χ4v) is 3.98. The lowest BCUT2D eigenvalue weighted by Crippen LogP contribution is -2.47. The number of piperazine rings is 1. The smallest absolute Gasteiger partial charge is 0.256 e. The number of para-hydroxylation sites is 1. The van der Waals surface area contributed by atoms with Crippen LogP contribution in [0.5, 0.6) is 0 Å². The van der Waals surface area contributed by atoms with Crippen LogP contribution in [0.3, 0.4) is 0 Å². The van der Waals surface area contributed by atoms with Gasteiger partial charge in [0.05, 0.1) is 0 Å². The molecule has 1 saturated heterocycles. The maximum absolute atomic E-state index is 13.4. The molecule has 1 N–H and O–H groups in total. The third-order valence-corrected chi connectivity index (χ3v) is 5.82. The number of hydrogen-bond acceptors (Lipinski definition) is 5. The topological polar surface area (TPSA) is 61.4 Å². The minimum absolute atomic E-state index is 0.175. The summed E-state index contributed by atoms with van der Waals surface area (Å²) >= 11 is 0. The quantitative estimate of drug-likeness (QED) is 0.610. The number of nitrogens with one attached hydrogen (secondary N) is 1. The number of amides is 1. The number of hydrogen-bond donors (Lipinski definition) is 1. The molecule has 0 atom stereocenters. The molecule has 0 bridgehead atoms. The molecule has 2 aromatic carbocycles. The van der Waals surface area contributed by atoms with Crippen molar-refractivity contribution in [2.45, 2.75) is 20.8 Å². The molecular formula is C26H30FN5O. The van der Waals surface area contributed by atoms with E-state index in [1.54, 1.807) is 18.3 Å². The molecule has 3 aromatic rings. The Bertz CT molecular complexity index is 1110. The van der Waals surface area contributed by atoms with Crippen LogP contribution < -0.4 is 15.1 Å². The first kappa shape index (κ1) is 22.7. The molecule has 6 nitrogen and oxygen atoms in total. The van der Waals surface area contributed by atoms with E-state index in [9.17, 15) is 9.18 Å². The van der Waals surface area contributed by atoms with Crippen molar-refractivity contribution in [3.63, 3.8) is 0 Å². The van der Waals surface area contributed by atoms with Crippen molar-refractivity contribution in [1.29, 1.82) is 0 Å². The molecule has 1 aliphatic rings. The van der Waals surface area contributed by atoms with Crippen molar-refractivity contribution >= 4 is 17.4 Å². The third kappa shape index (κ3) is 5.30. The zero-order valence-corrected chi connectivity index (χ0v) is 19.4. The minimum Gasteiger partial charge on any atom is -0.368 e. The van der Waals surface area contributed by atoms with Gasteiger partial charge in [0.2, 0.25) is 0 Å². The standard InChI is InChI=1S/C26H30FN5O/c1-18(2)16-29-26(33)22-17-28-24(20-8-10-21(27)11-9-20)30-25(22)32-14-12-31(13-15-32)23-7-5-4-6-19(23)3/h4-11,17-18H,12-16H2,1-3H3,(H,29,33). The molecule has 1 aliphatic heterocycles. The van der Waals surface area contributed by atoms with E-state index in [4.69, 9.17) is 4.98 Å². The predicted molar refractivity (Wildman–Crippen MR) is 130 cm³/mol. The van der Waals surface area contributed by atoms with E-state index in [1.165, 1.54) is 23.4 Å². The summed E-state index contributed by atoms with van der Waals surface area (Å²) in [5, 5.41) is 2.98. The molecule has 2 heterocycles. The van der Waals surface area contributed by atoms with Crippen molar-refractivity contribution in [3.05, 3.63) is 71.7 Å². The number of nitrogens with zero attached hydrogens (tertiary/aromatic N) is 4. The summed E-state index contributed by atoms with van der Waals surface area (Å²) in [5.74, 6) is 0.956. The van der Waals surface area contributed by atoms with Gasteiger partial charge < -0.3 is 15.1 Å². The third-order valence-electron chi connectivity index (χ3n) is 5.82. The van der Waals surface area contributed by atoms with Gasteiger partial charge in [-0.05, 0) is 48.7 Å². The summed E-state index contributed by atoms with van der Waals surface area (Å²) in [5.41, 5.74) is 3.67. The van der Waals surface area contributed by atoms with Crippen molar-refractivity contribution in [3.8, 4) is 11.4 Å². The molecule has 0 saturated carbocycles. The maximum atomic E-state index is 13.4. The average Bonchev–Trinajstić information content (AvgIpc) is 2.83. The molecule has 0 spiro atoms. The Labute approximate surface area is 194 Å². The highest BCUT2D eigenvalue weighted by atomic mass is 19.1. The predicted octanol–water partition coefficient (Wildman–Crippen LogP) is 4.30. The highest BCUT2D eigenvalue weighted by Crippen LogP contribution is 2.26. The highest BCUT2D eigenvalue weighted by Gasteiger charge is 2.25. The van der Waals surface area contributed by atoms with Crippen LogP contribution in [0.2, 0.25) is 0 Å². The molecular weight excluding hydrogens is 417 g/mol. The number of carbonyl (C=O) groups excluding carboxylic acids is 1. The molecule has 1 fully saturated rings. The van der Waals surface area contributed by atoms with Crippen LogP contribution in [0.25, 0.3) is 11.4 Å². The maximum Gasteiger partial charge on any atom is 0.256 e. The van der Waals surface area contributed by atoms with Crippen molar-refractivity contribution in [1.82, 2.24) is 15.3 Å². The van der Waals surface area contributed by atoms with Gasteiger partial charge >= 0.3 is 0 Å². The number of benzene rings is 2. The van der Waals surface area contributed by atoms with Crippen LogP contribution in [-0.2, 0) is 0 Å². The number of anilines is 2. The second-order valence-corrected chi connectivity index (χ2v) is 8.80.